The Labute approximate surface area is 177 Å². The second-order valence-electron chi connectivity index (χ2n) is 6.97. The van der Waals surface area contributed by atoms with Crippen LogP contribution in [0.25, 0.3) is 10.9 Å². The highest BCUT2D eigenvalue weighted by Gasteiger charge is 2.16. The number of H-pyrrole nitrogens is 1. The molecule has 4 rings (SSSR count). The lowest BCUT2D eigenvalue weighted by molar-refractivity contribution is 0.102. The maximum atomic E-state index is 12.9. The Hall–Kier alpha value is -3.70. The van der Waals surface area contributed by atoms with Crippen molar-refractivity contribution in [3.05, 3.63) is 110 Å². The Morgan fingerprint density at radius 2 is 1.63 bits per heavy atom. The minimum absolute atomic E-state index is 0.195. The molecule has 0 aliphatic carbocycles. The molecule has 0 radical (unpaired) electrons. The molecule has 0 unspecified atom stereocenters. The number of nitrogens with one attached hydrogen (secondary N) is 2. The van der Waals surface area contributed by atoms with Gasteiger partial charge in [-0.15, -0.1) is 0 Å². The van der Waals surface area contributed by atoms with Gasteiger partial charge in [0.05, 0.1) is 5.56 Å². The molecule has 0 saturated heterocycles. The van der Waals surface area contributed by atoms with Gasteiger partial charge in [0.2, 0.25) is 5.56 Å². The van der Waals surface area contributed by atoms with Crippen LogP contribution in [-0.2, 0) is 0 Å². The number of fused-ring (bicyclic) bond motifs is 1. The zero-order valence-corrected chi connectivity index (χ0v) is 16.8. The second-order valence-corrected chi connectivity index (χ2v) is 7.40. The molecule has 4 aromatic rings. The molecular weight excluding hydrogens is 400 g/mol. The van der Waals surface area contributed by atoms with E-state index in [1.165, 1.54) is 6.07 Å². The molecule has 0 bridgehead atoms. The third-order valence-corrected chi connectivity index (χ3v) is 4.98. The average Bonchev–Trinajstić information content (AvgIpc) is 2.73. The fourth-order valence-corrected chi connectivity index (χ4v) is 3.40. The molecule has 1 aromatic heterocycles. The summed E-state index contributed by atoms with van der Waals surface area (Å²) in [6.45, 7) is 1.92. The van der Waals surface area contributed by atoms with Gasteiger partial charge in [-0.1, -0.05) is 23.7 Å². The zero-order valence-electron chi connectivity index (χ0n) is 16.0. The van der Waals surface area contributed by atoms with E-state index in [0.717, 1.165) is 5.56 Å². The van der Waals surface area contributed by atoms with E-state index in [4.69, 9.17) is 11.6 Å². The Balaban J connectivity index is 1.76. The minimum atomic E-state index is -0.423. The smallest absolute Gasteiger partial charge is 0.256 e. The molecular formula is C24H17ClN2O3. The van der Waals surface area contributed by atoms with Crippen molar-refractivity contribution in [3.8, 4) is 0 Å². The van der Waals surface area contributed by atoms with Crippen LogP contribution in [0.4, 0.5) is 5.69 Å². The highest BCUT2D eigenvalue weighted by Crippen LogP contribution is 2.21. The molecule has 0 aliphatic rings. The summed E-state index contributed by atoms with van der Waals surface area (Å²) in [6, 6.07) is 20.1. The van der Waals surface area contributed by atoms with Gasteiger partial charge in [-0.3, -0.25) is 14.4 Å². The number of pyridine rings is 1. The predicted octanol–water partition coefficient (Wildman–Crippen LogP) is 4.97. The number of hydrogen-bond acceptors (Lipinski definition) is 3. The summed E-state index contributed by atoms with van der Waals surface area (Å²) in [5, 5.41) is 3.84. The first-order chi connectivity index (χ1) is 14.4. The van der Waals surface area contributed by atoms with Crippen molar-refractivity contribution >= 4 is 39.9 Å². The first-order valence-corrected chi connectivity index (χ1v) is 9.64. The lowest BCUT2D eigenvalue weighted by Crippen LogP contribution is -2.17. The Kier molecular flexibility index (Phi) is 5.21. The average molecular weight is 417 g/mol. The molecule has 0 atom stereocenters. The topological polar surface area (TPSA) is 79.0 Å². The van der Waals surface area contributed by atoms with Gasteiger partial charge < -0.3 is 10.3 Å². The summed E-state index contributed by atoms with van der Waals surface area (Å²) in [5.74, 6) is -0.627. The van der Waals surface area contributed by atoms with Gasteiger partial charge in [0.1, 0.15) is 0 Å². The summed E-state index contributed by atoms with van der Waals surface area (Å²) >= 11 is 5.90. The molecule has 0 saturated carbocycles. The summed E-state index contributed by atoms with van der Waals surface area (Å²) in [6.07, 6.45) is 0. The second kappa shape index (κ2) is 7.97. The lowest BCUT2D eigenvalue weighted by Gasteiger charge is -2.10. The normalized spacial score (nSPS) is 10.7. The number of anilines is 1. The molecule has 3 aromatic carbocycles. The van der Waals surface area contributed by atoms with Crippen molar-refractivity contribution in [2.75, 3.05) is 5.32 Å². The maximum Gasteiger partial charge on any atom is 0.256 e. The summed E-state index contributed by atoms with van der Waals surface area (Å²) in [5.41, 5.74) is 2.79. The number of benzene rings is 3. The maximum absolute atomic E-state index is 12.9. The number of hydrogen-bond donors (Lipinski definition) is 2. The first kappa shape index (κ1) is 19.6. The van der Waals surface area contributed by atoms with E-state index in [9.17, 15) is 14.4 Å². The Morgan fingerprint density at radius 1 is 0.900 bits per heavy atom. The van der Waals surface area contributed by atoms with Crippen LogP contribution in [0.5, 0.6) is 0 Å². The monoisotopic (exact) mass is 416 g/mol. The molecule has 0 aliphatic heterocycles. The number of halogens is 1. The van der Waals surface area contributed by atoms with Crippen molar-refractivity contribution in [3.63, 3.8) is 0 Å². The largest absolute Gasteiger partial charge is 0.322 e. The Morgan fingerprint density at radius 3 is 2.37 bits per heavy atom. The molecule has 1 heterocycles. The van der Waals surface area contributed by atoms with E-state index in [-0.39, 0.29) is 11.3 Å². The molecule has 30 heavy (non-hydrogen) atoms. The first-order valence-electron chi connectivity index (χ1n) is 9.26. The molecule has 2 N–H and O–H groups in total. The number of aryl methyl sites for hydroxylation is 1. The van der Waals surface area contributed by atoms with Crippen LogP contribution in [0.1, 0.15) is 31.8 Å². The number of ketones is 1. The number of carbonyl (C=O) groups excluding carboxylic acids is 2. The zero-order chi connectivity index (χ0) is 21.3. The molecule has 0 fully saturated rings. The van der Waals surface area contributed by atoms with Gasteiger partial charge in [0.25, 0.3) is 5.91 Å². The number of amides is 1. The predicted molar refractivity (Wildman–Crippen MR) is 119 cm³/mol. The van der Waals surface area contributed by atoms with Gasteiger partial charge in [-0.05, 0) is 67.1 Å². The SMILES string of the molecule is Cc1cccc(NC(=O)c2cc(=O)[nH]c3ccc(C(=O)c4ccc(Cl)cc4)cc23)c1. The van der Waals surface area contributed by atoms with Crippen LogP contribution < -0.4 is 10.9 Å². The standard InChI is InChI=1S/C24H17ClN2O3/c1-14-3-2-4-18(11-14)26-24(30)20-13-22(28)27-21-10-7-16(12-19(20)21)23(29)15-5-8-17(25)9-6-15/h2-13H,1H3,(H,26,30)(H,27,28). The number of carbonyl (C=O) groups is 2. The van der Waals surface area contributed by atoms with E-state index >= 15 is 0 Å². The van der Waals surface area contributed by atoms with Crippen LogP contribution in [0.3, 0.4) is 0 Å². The van der Waals surface area contributed by atoms with Gasteiger partial charge in [-0.2, -0.15) is 0 Å². The summed E-state index contributed by atoms with van der Waals surface area (Å²) in [4.78, 5) is 40.6. The highest BCUT2D eigenvalue weighted by molar-refractivity contribution is 6.30. The quantitative estimate of drug-likeness (QED) is 0.461. The molecule has 6 heteroatoms. The number of rotatable bonds is 4. The van der Waals surface area contributed by atoms with Crippen molar-refractivity contribution in [1.29, 1.82) is 0 Å². The van der Waals surface area contributed by atoms with Gasteiger partial charge in [0.15, 0.2) is 5.78 Å². The van der Waals surface area contributed by atoms with Crippen LogP contribution in [-0.4, -0.2) is 16.7 Å². The number of aromatic amines is 1. The minimum Gasteiger partial charge on any atom is -0.322 e. The van der Waals surface area contributed by atoms with Crippen molar-refractivity contribution < 1.29 is 9.59 Å². The Bertz CT molecular complexity index is 1340. The lowest BCUT2D eigenvalue weighted by atomic mass is 9.99. The molecule has 148 valence electrons. The highest BCUT2D eigenvalue weighted by atomic mass is 35.5. The van der Waals surface area contributed by atoms with Gasteiger partial charge in [-0.25, -0.2) is 0 Å². The van der Waals surface area contributed by atoms with E-state index in [2.05, 4.69) is 10.3 Å². The van der Waals surface area contributed by atoms with E-state index in [1.54, 1.807) is 48.5 Å². The van der Waals surface area contributed by atoms with Crippen LogP contribution in [0.2, 0.25) is 5.02 Å². The van der Waals surface area contributed by atoms with Gasteiger partial charge in [0, 0.05) is 38.8 Å². The number of aromatic nitrogens is 1. The third-order valence-electron chi connectivity index (χ3n) is 4.73. The van der Waals surface area contributed by atoms with Gasteiger partial charge >= 0.3 is 0 Å². The van der Waals surface area contributed by atoms with Crippen LogP contribution >= 0.6 is 11.6 Å². The van der Waals surface area contributed by atoms with Crippen molar-refractivity contribution in [2.45, 2.75) is 6.92 Å². The molecule has 0 spiro atoms. The van der Waals surface area contributed by atoms with Crippen molar-refractivity contribution in [1.82, 2.24) is 4.98 Å². The molecule has 1 amide bonds. The van der Waals surface area contributed by atoms with Crippen LogP contribution in [0.15, 0.2) is 77.6 Å². The van der Waals surface area contributed by atoms with Crippen LogP contribution in [0, 0.1) is 6.92 Å². The van der Waals surface area contributed by atoms with Crippen molar-refractivity contribution in [2.24, 2.45) is 0 Å². The fraction of sp³-hybridized carbons (Fsp3) is 0.0417. The van der Waals surface area contributed by atoms with E-state index in [0.29, 0.717) is 32.7 Å². The van der Waals surface area contributed by atoms with E-state index in [1.807, 2.05) is 25.1 Å². The third kappa shape index (κ3) is 4.02. The summed E-state index contributed by atoms with van der Waals surface area (Å²) < 4.78 is 0. The molecule has 5 nitrogen and oxygen atoms in total. The fourth-order valence-electron chi connectivity index (χ4n) is 3.27. The van der Waals surface area contributed by atoms with E-state index < -0.39 is 11.5 Å². The summed E-state index contributed by atoms with van der Waals surface area (Å²) in [7, 11) is 0.